The molecule has 0 atom stereocenters. The van der Waals surface area contributed by atoms with Crippen molar-refractivity contribution in [2.75, 3.05) is 18.4 Å². The zero-order valence-corrected chi connectivity index (χ0v) is 15.7. The third-order valence-electron chi connectivity index (χ3n) is 4.57. The average molecular weight is 379 g/mol. The number of nitrogens with zero attached hydrogens (tertiary/aromatic N) is 2. The second-order valence-corrected chi connectivity index (χ2v) is 6.53. The summed E-state index contributed by atoms with van der Waals surface area (Å²) in [5.74, 6) is -0.626. The van der Waals surface area contributed by atoms with E-state index in [1.165, 1.54) is 13.0 Å². The number of nitrogens with one attached hydrogen (secondary N) is 1. The highest BCUT2D eigenvalue weighted by Gasteiger charge is 2.13. The lowest BCUT2D eigenvalue weighted by Crippen LogP contribution is -2.33. The molecule has 0 fully saturated rings. The molecule has 0 aliphatic rings. The maximum Gasteiger partial charge on any atom is 0.226 e. The first-order valence-corrected chi connectivity index (χ1v) is 9.17. The Bertz CT molecular complexity index is 985. The molecule has 144 valence electrons. The maximum atomic E-state index is 13.8. The first-order valence-electron chi connectivity index (χ1n) is 9.17. The molecule has 0 radical (unpaired) electrons. The van der Waals surface area contributed by atoms with Crippen LogP contribution in [0.5, 0.6) is 0 Å². The highest BCUT2D eigenvalue weighted by Crippen LogP contribution is 2.20. The number of fused-ring (bicyclic) bond motifs is 1. The van der Waals surface area contributed by atoms with Gasteiger partial charge in [-0.2, -0.15) is 0 Å². The topological polar surface area (TPSA) is 62.3 Å². The lowest BCUT2D eigenvalue weighted by molar-refractivity contribution is -0.129. The van der Waals surface area contributed by atoms with Gasteiger partial charge in [0, 0.05) is 38.0 Å². The number of rotatable bonds is 7. The van der Waals surface area contributed by atoms with Gasteiger partial charge in [-0.1, -0.05) is 36.4 Å². The molecule has 0 aliphatic carbocycles. The van der Waals surface area contributed by atoms with Gasteiger partial charge in [-0.25, -0.2) is 4.39 Å². The molecule has 28 heavy (non-hydrogen) atoms. The quantitative estimate of drug-likeness (QED) is 0.679. The monoisotopic (exact) mass is 379 g/mol. The normalized spacial score (nSPS) is 10.6. The third-order valence-corrected chi connectivity index (χ3v) is 4.57. The third kappa shape index (κ3) is 4.91. The van der Waals surface area contributed by atoms with E-state index in [4.69, 9.17) is 0 Å². The highest BCUT2D eigenvalue weighted by molar-refractivity contribution is 6.00. The van der Waals surface area contributed by atoms with E-state index in [0.29, 0.717) is 24.2 Å². The van der Waals surface area contributed by atoms with E-state index in [2.05, 4.69) is 10.3 Å². The molecule has 2 aromatic carbocycles. The summed E-state index contributed by atoms with van der Waals surface area (Å²) >= 11 is 0. The molecular formula is C22H22FN3O2. The Kier molecular flexibility index (Phi) is 6.32. The largest absolute Gasteiger partial charge is 0.342 e. The number of aromatic nitrogens is 1. The zero-order valence-electron chi connectivity index (χ0n) is 15.7. The smallest absolute Gasteiger partial charge is 0.226 e. The minimum absolute atomic E-state index is 0.143. The van der Waals surface area contributed by atoms with Crippen LogP contribution in [0.25, 0.3) is 10.9 Å². The van der Waals surface area contributed by atoms with E-state index < -0.39 is 0 Å². The zero-order chi connectivity index (χ0) is 19.9. The van der Waals surface area contributed by atoms with Crippen LogP contribution in [-0.4, -0.2) is 34.8 Å². The molecule has 1 aromatic heterocycles. The predicted octanol–water partition coefficient (Wildman–Crippen LogP) is 3.79. The molecule has 6 heteroatoms. The van der Waals surface area contributed by atoms with Gasteiger partial charge in [0.05, 0.1) is 11.2 Å². The van der Waals surface area contributed by atoms with E-state index in [-0.39, 0.29) is 30.6 Å². The number of hydrogen-bond donors (Lipinski definition) is 1. The molecule has 3 rings (SSSR count). The Hall–Kier alpha value is -3.28. The van der Waals surface area contributed by atoms with Gasteiger partial charge in [0.2, 0.25) is 11.8 Å². The second kappa shape index (κ2) is 9.08. The van der Waals surface area contributed by atoms with Crippen molar-refractivity contribution in [2.45, 2.75) is 19.8 Å². The average Bonchev–Trinajstić information content (AvgIpc) is 2.69. The van der Waals surface area contributed by atoms with E-state index in [0.717, 1.165) is 10.9 Å². The summed E-state index contributed by atoms with van der Waals surface area (Å²) in [7, 11) is 0. The van der Waals surface area contributed by atoms with Crippen molar-refractivity contribution >= 4 is 28.4 Å². The van der Waals surface area contributed by atoms with Crippen LogP contribution < -0.4 is 5.32 Å². The molecule has 0 aliphatic heterocycles. The summed E-state index contributed by atoms with van der Waals surface area (Å²) < 4.78 is 13.8. The van der Waals surface area contributed by atoms with E-state index in [1.807, 2.05) is 24.3 Å². The number of pyridine rings is 1. The minimum atomic E-state index is -0.285. The van der Waals surface area contributed by atoms with Crippen LogP contribution in [0.3, 0.4) is 0 Å². The van der Waals surface area contributed by atoms with E-state index in [1.54, 1.807) is 35.4 Å². The minimum Gasteiger partial charge on any atom is -0.342 e. The predicted molar refractivity (Wildman–Crippen MR) is 107 cm³/mol. The van der Waals surface area contributed by atoms with Crippen molar-refractivity contribution in [3.8, 4) is 0 Å². The number of carbonyl (C=O) groups is 2. The molecule has 0 bridgehead atoms. The fourth-order valence-electron chi connectivity index (χ4n) is 3.04. The number of halogens is 1. The summed E-state index contributed by atoms with van der Waals surface area (Å²) in [6, 6.07) is 15.9. The molecule has 0 unspecified atom stereocenters. The van der Waals surface area contributed by atoms with Crippen LogP contribution in [0.1, 0.15) is 18.9 Å². The molecule has 1 N–H and O–H groups in total. The van der Waals surface area contributed by atoms with Gasteiger partial charge in [0.15, 0.2) is 0 Å². The maximum absolute atomic E-state index is 13.8. The first kappa shape index (κ1) is 19.5. The summed E-state index contributed by atoms with van der Waals surface area (Å²) in [6.07, 6.45) is 2.24. The lowest BCUT2D eigenvalue weighted by atomic mass is 10.1. The number of anilines is 1. The van der Waals surface area contributed by atoms with Gasteiger partial charge < -0.3 is 10.2 Å². The molecule has 2 amide bonds. The van der Waals surface area contributed by atoms with Gasteiger partial charge in [-0.3, -0.25) is 14.6 Å². The van der Waals surface area contributed by atoms with Gasteiger partial charge in [-0.15, -0.1) is 0 Å². The fraction of sp³-hybridized carbons (Fsp3) is 0.227. The summed E-state index contributed by atoms with van der Waals surface area (Å²) in [4.78, 5) is 30.1. The SMILES string of the molecule is CC(=O)N(CCC(=O)Nc1cccc2cccnc12)CCc1ccccc1F. The molecular weight excluding hydrogens is 357 g/mol. The summed E-state index contributed by atoms with van der Waals surface area (Å²) in [5, 5.41) is 3.80. The van der Waals surface area contributed by atoms with Crippen molar-refractivity contribution < 1.29 is 14.0 Å². The Morgan fingerprint density at radius 2 is 1.82 bits per heavy atom. The molecule has 1 heterocycles. The van der Waals surface area contributed by atoms with Gasteiger partial charge in [0.1, 0.15) is 5.82 Å². The highest BCUT2D eigenvalue weighted by atomic mass is 19.1. The van der Waals surface area contributed by atoms with Crippen molar-refractivity contribution in [3.05, 3.63) is 72.2 Å². The molecule has 0 saturated heterocycles. The molecule has 0 saturated carbocycles. The van der Waals surface area contributed by atoms with Crippen molar-refractivity contribution in [3.63, 3.8) is 0 Å². The van der Waals surface area contributed by atoms with Crippen molar-refractivity contribution in [2.24, 2.45) is 0 Å². The fourth-order valence-corrected chi connectivity index (χ4v) is 3.04. The lowest BCUT2D eigenvalue weighted by Gasteiger charge is -2.21. The molecule has 3 aromatic rings. The summed E-state index contributed by atoms with van der Waals surface area (Å²) in [5.41, 5.74) is 1.92. The molecule has 5 nitrogen and oxygen atoms in total. The Balaban J connectivity index is 1.58. The van der Waals surface area contributed by atoms with Gasteiger partial charge >= 0.3 is 0 Å². The van der Waals surface area contributed by atoms with Crippen LogP contribution >= 0.6 is 0 Å². The number of benzene rings is 2. The first-order chi connectivity index (χ1) is 13.5. The van der Waals surface area contributed by atoms with Gasteiger partial charge in [0.25, 0.3) is 0 Å². The Morgan fingerprint density at radius 1 is 1.04 bits per heavy atom. The standard InChI is InChI=1S/C22H22FN3O2/c1-16(27)26(14-11-17-6-2-3-9-19(17)23)15-12-21(28)25-20-10-4-7-18-8-5-13-24-22(18)20/h2-10,13H,11-12,14-15H2,1H3,(H,25,28). The van der Waals surface area contributed by atoms with Crippen LogP contribution in [0.15, 0.2) is 60.8 Å². The van der Waals surface area contributed by atoms with Crippen LogP contribution in [0.2, 0.25) is 0 Å². The number of hydrogen-bond acceptors (Lipinski definition) is 3. The van der Waals surface area contributed by atoms with Crippen LogP contribution in [0, 0.1) is 5.82 Å². The Morgan fingerprint density at radius 3 is 2.61 bits per heavy atom. The van der Waals surface area contributed by atoms with Gasteiger partial charge in [-0.05, 0) is 30.2 Å². The van der Waals surface area contributed by atoms with Crippen molar-refractivity contribution in [1.29, 1.82) is 0 Å². The van der Waals surface area contributed by atoms with Crippen molar-refractivity contribution in [1.82, 2.24) is 9.88 Å². The number of amides is 2. The number of carbonyl (C=O) groups excluding carboxylic acids is 2. The van der Waals surface area contributed by atoms with Crippen LogP contribution in [-0.2, 0) is 16.0 Å². The van der Waals surface area contributed by atoms with E-state index in [9.17, 15) is 14.0 Å². The second-order valence-electron chi connectivity index (χ2n) is 6.53. The Labute approximate surface area is 163 Å². The van der Waals surface area contributed by atoms with E-state index >= 15 is 0 Å². The molecule has 0 spiro atoms. The summed E-state index contributed by atoms with van der Waals surface area (Å²) in [6.45, 7) is 2.08. The van der Waals surface area contributed by atoms with Crippen LogP contribution in [0.4, 0.5) is 10.1 Å². The number of para-hydroxylation sites is 1.